The molecule has 21 heavy (non-hydrogen) atoms. The predicted molar refractivity (Wildman–Crippen MR) is 74.4 cm³/mol. The number of anilines is 1. The van der Waals surface area contributed by atoms with Gasteiger partial charge in [-0.05, 0) is 18.2 Å². The van der Waals surface area contributed by atoms with E-state index in [-0.39, 0.29) is 17.8 Å². The average molecular weight is 361 g/mol. The van der Waals surface area contributed by atoms with Gasteiger partial charge >= 0.3 is 5.69 Å². The van der Waals surface area contributed by atoms with E-state index in [1.165, 1.54) is 18.2 Å². The summed E-state index contributed by atoms with van der Waals surface area (Å²) in [6.07, 6.45) is 0. The summed E-state index contributed by atoms with van der Waals surface area (Å²) in [4.78, 5) is 9.65. The first-order valence-corrected chi connectivity index (χ1v) is 6.49. The van der Waals surface area contributed by atoms with Crippen molar-refractivity contribution in [1.29, 1.82) is 0 Å². The average Bonchev–Trinajstić information content (AvgIpc) is 2.41. The van der Waals surface area contributed by atoms with Crippen LogP contribution in [0.5, 0.6) is 0 Å². The number of nitrogens with zero attached hydrogens (tertiary/aromatic N) is 1. The molecule has 0 atom stereocenters. The topological polar surface area (TPSA) is 55.2 Å². The summed E-state index contributed by atoms with van der Waals surface area (Å²) >= 11 is 3.17. The highest BCUT2D eigenvalue weighted by Gasteiger charge is 2.18. The number of nitrogens with one attached hydrogen (secondary N) is 1. The molecule has 0 aromatic heterocycles. The Morgan fingerprint density at radius 1 is 1.10 bits per heavy atom. The van der Waals surface area contributed by atoms with Gasteiger partial charge in [0.05, 0.1) is 10.6 Å². The molecule has 2 aromatic carbocycles. The van der Waals surface area contributed by atoms with Gasteiger partial charge in [-0.15, -0.1) is 0 Å². The van der Waals surface area contributed by atoms with Gasteiger partial charge in [0.2, 0.25) is 5.82 Å². The maximum absolute atomic E-state index is 13.5. The maximum Gasteiger partial charge on any atom is 0.307 e. The Labute approximate surface area is 125 Å². The van der Waals surface area contributed by atoms with Crippen LogP contribution < -0.4 is 5.32 Å². The number of hydrogen-bond acceptors (Lipinski definition) is 3. The van der Waals surface area contributed by atoms with Gasteiger partial charge < -0.3 is 5.32 Å². The highest BCUT2D eigenvalue weighted by atomic mass is 79.9. The minimum atomic E-state index is -1.27. The second-order valence-corrected chi connectivity index (χ2v) is 5.05. The Bertz CT molecular complexity index is 710. The minimum Gasteiger partial charge on any atom is -0.378 e. The molecule has 0 amide bonds. The van der Waals surface area contributed by atoms with E-state index in [9.17, 15) is 23.3 Å². The summed E-state index contributed by atoms with van der Waals surface area (Å²) in [5, 5.41) is 13.1. The number of benzene rings is 2. The third-order valence-electron chi connectivity index (χ3n) is 2.71. The molecule has 0 aliphatic carbocycles. The van der Waals surface area contributed by atoms with E-state index in [4.69, 9.17) is 0 Å². The molecule has 0 radical (unpaired) electrons. The van der Waals surface area contributed by atoms with Crippen LogP contribution in [0.1, 0.15) is 5.56 Å². The summed E-state index contributed by atoms with van der Waals surface area (Å²) in [5.74, 6) is -2.77. The molecule has 2 aromatic rings. The van der Waals surface area contributed by atoms with Crippen LogP contribution in [-0.2, 0) is 6.54 Å². The summed E-state index contributed by atoms with van der Waals surface area (Å²) in [7, 11) is 0. The Morgan fingerprint density at radius 2 is 1.81 bits per heavy atom. The zero-order valence-electron chi connectivity index (χ0n) is 10.4. The molecule has 0 bridgehead atoms. The zero-order valence-corrected chi connectivity index (χ0v) is 12.0. The molecule has 110 valence electrons. The lowest BCUT2D eigenvalue weighted by molar-refractivity contribution is -0.387. The monoisotopic (exact) mass is 360 g/mol. The molecule has 0 heterocycles. The lowest BCUT2D eigenvalue weighted by Gasteiger charge is -2.09. The lowest BCUT2D eigenvalue weighted by Crippen LogP contribution is -2.05. The molecule has 0 fully saturated rings. The normalized spacial score (nSPS) is 10.5. The van der Waals surface area contributed by atoms with E-state index in [2.05, 4.69) is 21.2 Å². The molecule has 0 aliphatic rings. The van der Waals surface area contributed by atoms with Crippen molar-refractivity contribution in [1.82, 2.24) is 0 Å². The summed E-state index contributed by atoms with van der Waals surface area (Å²) < 4.78 is 40.9. The molecule has 0 saturated heterocycles. The Hall–Kier alpha value is -2.09. The van der Waals surface area contributed by atoms with E-state index < -0.39 is 28.1 Å². The first-order chi connectivity index (χ1) is 9.88. The summed E-state index contributed by atoms with van der Waals surface area (Å²) in [5.41, 5.74) is -0.896. The molecule has 4 nitrogen and oxygen atoms in total. The molecule has 0 saturated carbocycles. The second kappa shape index (κ2) is 6.13. The number of nitro benzene ring substituents is 1. The first-order valence-electron chi connectivity index (χ1n) is 5.69. The van der Waals surface area contributed by atoms with Crippen molar-refractivity contribution in [3.05, 3.63) is 67.9 Å². The van der Waals surface area contributed by atoms with E-state index in [1.54, 1.807) is 0 Å². The van der Waals surface area contributed by atoms with Crippen molar-refractivity contribution in [3.63, 3.8) is 0 Å². The van der Waals surface area contributed by atoms with Crippen LogP contribution in [-0.4, -0.2) is 4.92 Å². The van der Waals surface area contributed by atoms with Crippen molar-refractivity contribution in [2.75, 3.05) is 5.32 Å². The van der Waals surface area contributed by atoms with Gasteiger partial charge in [-0.25, -0.2) is 8.78 Å². The van der Waals surface area contributed by atoms with Crippen LogP contribution in [0.15, 0.2) is 34.8 Å². The van der Waals surface area contributed by atoms with Crippen LogP contribution in [0.25, 0.3) is 0 Å². The molecule has 1 N–H and O–H groups in total. The summed E-state index contributed by atoms with van der Waals surface area (Å²) in [6.45, 7) is -0.106. The third-order valence-corrected chi connectivity index (χ3v) is 3.20. The van der Waals surface area contributed by atoms with Gasteiger partial charge in [-0.3, -0.25) is 10.1 Å². The van der Waals surface area contributed by atoms with Crippen molar-refractivity contribution in [3.8, 4) is 0 Å². The highest BCUT2D eigenvalue weighted by molar-refractivity contribution is 9.10. The number of nitro groups is 1. The third kappa shape index (κ3) is 3.52. The number of rotatable bonds is 4. The lowest BCUT2D eigenvalue weighted by atomic mass is 10.2. The van der Waals surface area contributed by atoms with E-state index >= 15 is 0 Å². The zero-order chi connectivity index (χ0) is 15.6. The van der Waals surface area contributed by atoms with Crippen LogP contribution >= 0.6 is 15.9 Å². The van der Waals surface area contributed by atoms with Gasteiger partial charge in [0.15, 0.2) is 0 Å². The Kier molecular flexibility index (Phi) is 4.46. The SMILES string of the molecule is O=[N+]([O-])c1cc(NCc2cc(Br)ccc2F)c(F)cc1F. The molecule has 8 heteroatoms. The van der Waals surface area contributed by atoms with Crippen molar-refractivity contribution in [2.45, 2.75) is 6.54 Å². The Morgan fingerprint density at radius 3 is 2.48 bits per heavy atom. The number of hydrogen-bond donors (Lipinski definition) is 1. The van der Waals surface area contributed by atoms with Crippen molar-refractivity contribution < 1.29 is 18.1 Å². The van der Waals surface area contributed by atoms with Crippen LogP contribution in [0.2, 0.25) is 0 Å². The van der Waals surface area contributed by atoms with E-state index in [0.717, 1.165) is 6.07 Å². The standard InChI is InChI=1S/C13H8BrF3N2O2/c14-8-1-2-9(15)7(3-8)6-18-12-5-13(19(20)21)11(17)4-10(12)16/h1-5,18H,6H2. The smallest absolute Gasteiger partial charge is 0.307 e. The molecular formula is C13H8BrF3N2O2. The van der Waals surface area contributed by atoms with Gasteiger partial charge in [-0.1, -0.05) is 15.9 Å². The molecular weight excluding hydrogens is 353 g/mol. The molecule has 0 unspecified atom stereocenters. The molecule has 2 rings (SSSR count). The van der Waals surface area contributed by atoms with Gasteiger partial charge in [0.1, 0.15) is 11.6 Å². The van der Waals surface area contributed by atoms with Gasteiger partial charge in [0.25, 0.3) is 0 Å². The largest absolute Gasteiger partial charge is 0.378 e. The van der Waals surface area contributed by atoms with Crippen LogP contribution in [0, 0.1) is 27.6 Å². The van der Waals surface area contributed by atoms with Crippen LogP contribution in [0.3, 0.4) is 0 Å². The van der Waals surface area contributed by atoms with Gasteiger partial charge in [-0.2, -0.15) is 4.39 Å². The minimum absolute atomic E-state index is 0.106. The number of halogens is 4. The van der Waals surface area contributed by atoms with E-state index in [0.29, 0.717) is 10.5 Å². The van der Waals surface area contributed by atoms with Crippen molar-refractivity contribution in [2.24, 2.45) is 0 Å². The second-order valence-electron chi connectivity index (χ2n) is 4.13. The first kappa shape index (κ1) is 15.3. The van der Waals surface area contributed by atoms with E-state index in [1.807, 2.05) is 0 Å². The quantitative estimate of drug-likeness (QED) is 0.649. The fraction of sp³-hybridized carbons (Fsp3) is 0.0769. The van der Waals surface area contributed by atoms with Gasteiger partial charge in [0, 0.05) is 28.7 Å². The fourth-order valence-electron chi connectivity index (χ4n) is 1.68. The van der Waals surface area contributed by atoms with Crippen molar-refractivity contribution >= 4 is 27.3 Å². The molecule has 0 aliphatic heterocycles. The maximum atomic E-state index is 13.5. The predicted octanol–water partition coefficient (Wildman–Crippen LogP) is 4.39. The van der Waals surface area contributed by atoms with Crippen LogP contribution in [0.4, 0.5) is 24.5 Å². The Balaban J connectivity index is 2.25. The summed E-state index contributed by atoms with van der Waals surface area (Å²) in [6, 6.07) is 5.36. The highest BCUT2D eigenvalue weighted by Crippen LogP contribution is 2.26. The fourth-order valence-corrected chi connectivity index (χ4v) is 2.09. The molecule has 0 spiro atoms.